The summed E-state index contributed by atoms with van der Waals surface area (Å²) in [7, 11) is 1.64. The number of nitrogens with one attached hydrogen (secondary N) is 2. The molecule has 1 aromatic carbocycles. The number of anilines is 2. The van der Waals surface area contributed by atoms with Crippen molar-refractivity contribution in [2.24, 2.45) is 11.8 Å². The lowest BCUT2D eigenvalue weighted by Crippen LogP contribution is -2.46. The summed E-state index contributed by atoms with van der Waals surface area (Å²) in [6.07, 6.45) is 3.52. The van der Waals surface area contributed by atoms with Crippen LogP contribution in [-0.4, -0.2) is 34.5 Å². The SMILES string of the molecule is COc1ccc(Nc2nnc(S[C@H](C)C(=O)N[C@H]3CCC[C@@H](C)[C@H]3C)s2)cc1. The zero-order chi connectivity index (χ0) is 20.1. The lowest BCUT2D eigenvalue weighted by atomic mass is 9.78. The van der Waals surface area contributed by atoms with Gasteiger partial charge < -0.3 is 15.4 Å². The number of hydrogen-bond donors (Lipinski definition) is 2. The van der Waals surface area contributed by atoms with Crippen LogP contribution in [0, 0.1) is 11.8 Å². The van der Waals surface area contributed by atoms with Gasteiger partial charge in [-0.25, -0.2) is 0 Å². The van der Waals surface area contributed by atoms with E-state index >= 15 is 0 Å². The first-order valence-corrected chi connectivity index (χ1v) is 11.4. The average molecular weight is 421 g/mol. The van der Waals surface area contributed by atoms with E-state index in [1.807, 2.05) is 31.2 Å². The van der Waals surface area contributed by atoms with Crippen LogP contribution in [0.4, 0.5) is 10.8 Å². The van der Waals surface area contributed by atoms with Crippen molar-refractivity contribution < 1.29 is 9.53 Å². The van der Waals surface area contributed by atoms with Gasteiger partial charge in [-0.3, -0.25) is 4.79 Å². The topological polar surface area (TPSA) is 76.1 Å². The van der Waals surface area contributed by atoms with Crippen LogP contribution in [0.5, 0.6) is 5.75 Å². The van der Waals surface area contributed by atoms with Crippen LogP contribution in [-0.2, 0) is 4.79 Å². The molecule has 0 radical (unpaired) electrons. The van der Waals surface area contributed by atoms with Crippen LogP contribution in [0.2, 0.25) is 0 Å². The van der Waals surface area contributed by atoms with E-state index in [1.54, 1.807) is 7.11 Å². The van der Waals surface area contributed by atoms with Gasteiger partial charge in [-0.15, -0.1) is 10.2 Å². The highest BCUT2D eigenvalue weighted by molar-refractivity contribution is 8.02. The van der Waals surface area contributed by atoms with E-state index in [0.717, 1.165) is 22.2 Å². The third-order valence-electron chi connectivity index (χ3n) is 5.43. The Bertz CT molecular complexity index is 781. The summed E-state index contributed by atoms with van der Waals surface area (Å²) in [5, 5.41) is 15.4. The molecule has 1 aliphatic carbocycles. The van der Waals surface area contributed by atoms with E-state index in [1.165, 1.54) is 35.9 Å². The highest BCUT2D eigenvalue weighted by Gasteiger charge is 2.29. The Balaban J connectivity index is 1.52. The highest BCUT2D eigenvalue weighted by atomic mass is 32.2. The normalized spacial score (nSPS) is 23.1. The van der Waals surface area contributed by atoms with Crippen LogP contribution in [0.15, 0.2) is 28.6 Å². The van der Waals surface area contributed by atoms with Crippen molar-refractivity contribution in [3.63, 3.8) is 0 Å². The molecule has 1 saturated carbocycles. The Kier molecular flexibility index (Phi) is 7.18. The number of nitrogens with zero attached hydrogens (tertiary/aromatic N) is 2. The summed E-state index contributed by atoms with van der Waals surface area (Å²) < 4.78 is 5.94. The minimum absolute atomic E-state index is 0.0795. The average Bonchev–Trinajstić information content (AvgIpc) is 3.12. The molecule has 0 bridgehead atoms. The molecule has 152 valence electrons. The van der Waals surface area contributed by atoms with Gasteiger partial charge in [-0.05, 0) is 49.4 Å². The van der Waals surface area contributed by atoms with E-state index < -0.39 is 0 Å². The molecule has 1 aromatic heterocycles. The molecule has 1 amide bonds. The van der Waals surface area contributed by atoms with Crippen molar-refractivity contribution in [2.75, 3.05) is 12.4 Å². The minimum atomic E-state index is -0.203. The molecule has 0 aliphatic heterocycles. The number of rotatable bonds is 7. The van der Waals surface area contributed by atoms with Crippen molar-refractivity contribution >= 4 is 39.8 Å². The third kappa shape index (κ3) is 5.38. The number of benzene rings is 1. The Hall–Kier alpha value is -1.80. The Morgan fingerprint density at radius 1 is 1.25 bits per heavy atom. The smallest absolute Gasteiger partial charge is 0.233 e. The van der Waals surface area contributed by atoms with Gasteiger partial charge in [0.2, 0.25) is 11.0 Å². The Labute approximate surface area is 174 Å². The van der Waals surface area contributed by atoms with Gasteiger partial charge in [0.25, 0.3) is 0 Å². The summed E-state index contributed by atoms with van der Waals surface area (Å²) in [5.74, 6) is 2.07. The molecule has 1 aliphatic rings. The lowest BCUT2D eigenvalue weighted by Gasteiger charge is -2.35. The molecule has 2 N–H and O–H groups in total. The second kappa shape index (κ2) is 9.60. The number of carbonyl (C=O) groups excluding carboxylic acids is 1. The summed E-state index contributed by atoms with van der Waals surface area (Å²) in [6.45, 7) is 6.45. The zero-order valence-electron chi connectivity index (χ0n) is 16.8. The van der Waals surface area contributed by atoms with Crippen molar-refractivity contribution in [1.29, 1.82) is 0 Å². The largest absolute Gasteiger partial charge is 0.497 e. The Morgan fingerprint density at radius 3 is 2.71 bits per heavy atom. The third-order valence-corrected chi connectivity index (χ3v) is 7.45. The zero-order valence-corrected chi connectivity index (χ0v) is 18.4. The molecule has 4 atom stereocenters. The second-order valence-corrected chi connectivity index (χ2v) is 9.93. The van der Waals surface area contributed by atoms with Crippen molar-refractivity contribution in [2.45, 2.75) is 55.7 Å². The quantitative estimate of drug-likeness (QED) is 0.632. The number of methoxy groups -OCH3 is 1. The van der Waals surface area contributed by atoms with Gasteiger partial charge in [-0.2, -0.15) is 0 Å². The maximum absolute atomic E-state index is 12.6. The summed E-state index contributed by atoms with van der Waals surface area (Å²) in [5.41, 5.74) is 0.916. The number of amides is 1. The number of ether oxygens (including phenoxy) is 1. The maximum atomic E-state index is 12.6. The summed E-state index contributed by atoms with van der Waals surface area (Å²) in [4.78, 5) is 12.6. The van der Waals surface area contributed by atoms with E-state index in [2.05, 4.69) is 34.7 Å². The summed E-state index contributed by atoms with van der Waals surface area (Å²) in [6, 6.07) is 7.91. The first kappa shape index (κ1) is 20.9. The number of hydrogen-bond acceptors (Lipinski definition) is 7. The van der Waals surface area contributed by atoms with Gasteiger partial charge in [0.15, 0.2) is 4.34 Å². The molecule has 1 heterocycles. The van der Waals surface area contributed by atoms with Crippen LogP contribution in [0.3, 0.4) is 0 Å². The maximum Gasteiger partial charge on any atom is 0.233 e. The number of aromatic nitrogens is 2. The predicted molar refractivity (Wildman–Crippen MR) is 116 cm³/mol. The van der Waals surface area contributed by atoms with Gasteiger partial charge in [0, 0.05) is 11.7 Å². The van der Waals surface area contributed by atoms with Gasteiger partial charge in [0.05, 0.1) is 12.4 Å². The number of carbonyl (C=O) groups is 1. The molecule has 0 unspecified atom stereocenters. The molecule has 28 heavy (non-hydrogen) atoms. The van der Waals surface area contributed by atoms with E-state index in [-0.39, 0.29) is 17.2 Å². The van der Waals surface area contributed by atoms with Crippen molar-refractivity contribution in [3.8, 4) is 5.75 Å². The molecule has 3 rings (SSSR count). The number of thioether (sulfide) groups is 1. The molecular weight excluding hydrogens is 392 g/mol. The van der Waals surface area contributed by atoms with Gasteiger partial charge in [-0.1, -0.05) is 49.8 Å². The molecule has 6 nitrogen and oxygen atoms in total. The molecule has 8 heteroatoms. The fourth-order valence-electron chi connectivity index (χ4n) is 3.40. The standard InChI is InChI=1S/C20H28N4O2S2/c1-12-6-5-7-17(13(12)2)22-18(25)14(3)27-20-24-23-19(28-20)21-15-8-10-16(26-4)11-9-15/h8-14,17H,5-7H2,1-4H3,(H,21,23)(H,22,25)/t12-,13-,14-,17+/m1/s1. The van der Waals surface area contributed by atoms with Crippen molar-refractivity contribution in [1.82, 2.24) is 15.5 Å². The molecule has 2 aromatic rings. The monoisotopic (exact) mass is 420 g/mol. The lowest BCUT2D eigenvalue weighted by molar-refractivity contribution is -0.121. The minimum Gasteiger partial charge on any atom is -0.497 e. The van der Waals surface area contributed by atoms with Crippen LogP contribution in [0.1, 0.15) is 40.0 Å². The molecule has 0 spiro atoms. The van der Waals surface area contributed by atoms with Crippen LogP contribution in [0.25, 0.3) is 0 Å². The van der Waals surface area contributed by atoms with Crippen LogP contribution >= 0.6 is 23.1 Å². The molecular formula is C20H28N4O2S2. The van der Waals surface area contributed by atoms with Gasteiger partial charge >= 0.3 is 0 Å². The fourth-order valence-corrected chi connectivity index (χ4v) is 5.32. The molecule has 1 fully saturated rings. The second-order valence-electron chi connectivity index (χ2n) is 7.37. The van der Waals surface area contributed by atoms with Crippen molar-refractivity contribution in [3.05, 3.63) is 24.3 Å². The highest BCUT2D eigenvalue weighted by Crippen LogP contribution is 2.32. The van der Waals surface area contributed by atoms with E-state index in [4.69, 9.17) is 4.74 Å². The predicted octanol–water partition coefficient (Wildman–Crippen LogP) is 4.71. The van der Waals surface area contributed by atoms with E-state index in [0.29, 0.717) is 17.0 Å². The first-order valence-electron chi connectivity index (χ1n) is 9.68. The molecule has 0 saturated heterocycles. The summed E-state index contributed by atoms with van der Waals surface area (Å²) >= 11 is 2.90. The fraction of sp³-hybridized carbons (Fsp3) is 0.550. The van der Waals surface area contributed by atoms with Gasteiger partial charge in [0.1, 0.15) is 5.75 Å². The first-order chi connectivity index (χ1) is 13.5. The van der Waals surface area contributed by atoms with E-state index in [9.17, 15) is 4.79 Å². The Morgan fingerprint density at radius 2 is 2.00 bits per heavy atom. The van der Waals surface area contributed by atoms with Crippen LogP contribution < -0.4 is 15.4 Å².